The lowest BCUT2D eigenvalue weighted by Crippen LogP contribution is -2.68. The van der Waals surface area contributed by atoms with Gasteiger partial charge in [0.05, 0.1) is 6.54 Å². The maximum atomic E-state index is 12.5. The lowest BCUT2D eigenvalue weighted by molar-refractivity contribution is -0.154. The van der Waals surface area contributed by atoms with Crippen molar-refractivity contribution >= 4 is 11.8 Å². The Kier molecular flexibility index (Phi) is 4.11. The van der Waals surface area contributed by atoms with Gasteiger partial charge in [0.1, 0.15) is 11.6 Å². The molecule has 1 aliphatic rings. The van der Waals surface area contributed by atoms with Crippen LogP contribution < -0.4 is 5.32 Å². The highest BCUT2D eigenvalue weighted by atomic mass is 16.2. The number of carbonyl (C=O) groups excluding carboxylic acids is 2. The fraction of sp³-hybridized carbons (Fsp3) is 0.643. The highest BCUT2D eigenvalue weighted by molar-refractivity contribution is 5.99. The van der Waals surface area contributed by atoms with Gasteiger partial charge in [0.2, 0.25) is 11.8 Å². The molecule has 2 rings (SSSR count). The SMILES string of the molecule is CCCC1C(=O)NC(C)(C)C(=O)N1CCn1cccn1. The van der Waals surface area contributed by atoms with Gasteiger partial charge in [-0.3, -0.25) is 14.3 Å². The van der Waals surface area contributed by atoms with Crippen molar-refractivity contribution in [3.63, 3.8) is 0 Å². The molecule has 6 nitrogen and oxygen atoms in total. The molecule has 1 aromatic heterocycles. The van der Waals surface area contributed by atoms with Crippen molar-refractivity contribution < 1.29 is 9.59 Å². The Hall–Kier alpha value is -1.85. The van der Waals surface area contributed by atoms with Crippen LogP contribution in [0.25, 0.3) is 0 Å². The molecule has 1 unspecified atom stereocenters. The smallest absolute Gasteiger partial charge is 0.248 e. The van der Waals surface area contributed by atoms with Gasteiger partial charge in [-0.05, 0) is 26.3 Å². The van der Waals surface area contributed by atoms with Gasteiger partial charge < -0.3 is 10.2 Å². The summed E-state index contributed by atoms with van der Waals surface area (Å²) in [5.41, 5.74) is -0.828. The Morgan fingerprint density at radius 2 is 2.10 bits per heavy atom. The van der Waals surface area contributed by atoms with Crippen LogP contribution in [-0.2, 0) is 16.1 Å². The molecule has 0 aromatic carbocycles. The van der Waals surface area contributed by atoms with E-state index < -0.39 is 5.54 Å². The molecule has 0 radical (unpaired) electrons. The van der Waals surface area contributed by atoms with E-state index in [2.05, 4.69) is 10.4 Å². The van der Waals surface area contributed by atoms with E-state index in [0.717, 1.165) is 6.42 Å². The predicted molar refractivity (Wildman–Crippen MR) is 74.9 cm³/mol. The minimum atomic E-state index is -0.828. The number of rotatable bonds is 5. The number of piperazine rings is 1. The van der Waals surface area contributed by atoms with E-state index in [-0.39, 0.29) is 17.9 Å². The monoisotopic (exact) mass is 278 g/mol. The minimum absolute atomic E-state index is 0.0253. The summed E-state index contributed by atoms with van der Waals surface area (Å²) in [6.45, 7) is 6.61. The summed E-state index contributed by atoms with van der Waals surface area (Å²) in [5, 5.41) is 6.94. The quantitative estimate of drug-likeness (QED) is 0.866. The highest BCUT2D eigenvalue weighted by Gasteiger charge is 2.44. The van der Waals surface area contributed by atoms with Crippen LogP contribution in [0.3, 0.4) is 0 Å². The molecular weight excluding hydrogens is 256 g/mol. The van der Waals surface area contributed by atoms with Gasteiger partial charge in [-0.25, -0.2) is 0 Å². The van der Waals surface area contributed by atoms with Crippen LogP contribution in [-0.4, -0.2) is 44.6 Å². The molecule has 20 heavy (non-hydrogen) atoms. The molecular formula is C14H22N4O2. The third-order valence-corrected chi connectivity index (χ3v) is 3.60. The molecule has 1 N–H and O–H groups in total. The first-order valence-corrected chi connectivity index (χ1v) is 7.06. The summed E-state index contributed by atoms with van der Waals surface area (Å²) >= 11 is 0. The maximum Gasteiger partial charge on any atom is 0.248 e. The first-order valence-electron chi connectivity index (χ1n) is 7.06. The maximum absolute atomic E-state index is 12.5. The number of carbonyl (C=O) groups is 2. The van der Waals surface area contributed by atoms with Gasteiger partial charge in [-0.2, -0.15) is 5.10 Å². The van der Waals surface area contributed by atoms with Gasteiger partial charge in [0.25, 0.3) is 0 Å². The number of nitrogens with zero attached hydrogens (tertiary/aromatic N) is 3. The third-order valence-electron chi connectivity index (χ3n) is 3.60. The Morgan fingerprint density at radius 3 is 2.70 bits per heavy atom. The Labute approximate surface area is 119 Å². The number of aromatic nitrogens is 2. The Balaban J connectivity index is 2.14. The van der Waals surface area contributed by atoms with Gasteiger partial charge in [0.15, 0.2) is 0 Å². The van der Waals surface area contributed by atoms with Crippen LogP contribution >= 0.6 is 0 Å². The fourth-order valence-corrected chi connectivity index (χ4v) is 2.55. The number of nitrogens with one attached hydrogen (secondary N) is 1. The molecule has 2 heterocycles. The second-order valence-corrected chi connectivity index (χ2v) is 5.69. The van der Waals surface area contributed by atoms with Crippen molar-refractivity contribution in [1.29, 1.82) is 0 Å². The summed E-state index contributed by atoms with van der Waals surface area (Å²) in [4.78, 5) is 26.4. The largest absolute Gasteiger partial charge is 0.340 e. The summed E-state index contributed by atoms with van der Waals surface area (Å²) in [7, 11) is 0. The lowest BCUT2D eigenvalue weighted by Gasteiger charge is -2.42. The van der Waals surface area contributed by atoms with Crippen molar-refractivity contribution in [2.24, 2.45) is 0 Å². The second-order valence-electron chi connectivity index (χ2n) is 5.69. The molecule has 1 saturated heterocycles. The van der Waals surface area contributed by atoms with Gasteiger partial charge in [-0.1, -0.05) is 13.3 Å². The van der Waals surface area contributed by atoms with Crippen LogP contribution in [0.2, 0.25) is 0 Å². The van der Waals surface area contributed by atoms with Crippen LogP contribution in [0.1, 0.15) is 33.6 Å². The zero-order valence-electron chi connectivity index (χ0n) is 12.3. The van der Waals surface area contributed by atoms with E-state index in [9.17, 15) is 9.59 Å². The van der Waals surface area contributed by atoms with Crippen molar-refractivity contribution in [1.82, 2.24) is 20.0 Å². The molecule has 0 spiro atoms. The van der Waals surface area contributed by atoms with E-state index in [4.69, 9.17) is 0 Å². The zero-order chi connectivity index (χ0) is 14.8. The van der Waals surface area contributed by atoms with E-state index in [1.807, 2.05) is 19.2 Å². The topological polar surface area (TPSA) is 67.2 Å². The molecule has 6 heteroatoms. The van der Waals surface area contributed by atoms with E-state index >= 15 is 0 Å². The minimum Gasteiger partial charge on any atom is -0.340 e. The summed E-state index contributed by atoms with van der Waals surface area (Å²) < 4.78 is 1.77. The average Bonchev–Trinajstić information content (AvgIpc) is 2.88. The van der Waals surface area contributed by atoms with Crippen molar-refractivity contribution in [3.8, 4) is 0 Å². The van der Waals surface area contributed by atoms with E-state index in [1.165, 1.54) is 0 Å². The fourth-order valence-electron chi connectivity index (χ4n) is 2.55. The number of hydrogen-bond acceptors (Lipinski definition) is 3. The second kappa shape index (κ2) is 5.64. The first-order chi connectivity index (χ1) is 9.45. The standard InChI is InChI=1S/C14H22N4O2/c1-4-6-11-12(19)16-14(2,3)13(20)18(11)10-9-17-8-5-7-15-17/h5,7-8,11H,4,6,9-10H2,1-3H3,(H,16,19). The molecule has 110 valence electrons. The molecule has 0 bridgehead atoms. The molecule has 1 aromatic rings. The van der Waals surface area contributed by atoms with Gasteiger partial charge in [-0.15, -0.1) is 0 Å². The Bertz CT molecular complexity index is 481. The van der Waals surface area contributed by atoms with E-state index in [1.54, 1.807) is 29.6 Å². The normalized spacial score (nSPS) is 21.9. The van der Waals surface area contributed by atoms with Crippen LogP contribution in [0, 0.1) is 0 Å². The van der Waals surface area contributed by atoms with Crippen molar-refractivity contribution in [2.45, 2.75) is 51.7 Å². The van der Waals surface area contributed by atoms with Crippen LogP contribution in [0.4, 0.5) is 0 Å². The highest BCUT2D eigenvalue weighted by Crippen LogP contribution is 2.20. The molecule has 1 atom stereocenters. The molecule has 2 amide bonds. The summed E-state index contributed by atoms with van der Waals surface area (Å²) in [5.74, 6) is -0.0837. The van der Waals surface area contributed by atoms with Crippen LogP contribution in [0.15, 0.2) is 18.5 Å². The molecule has 0 saturated carbocycles. The molecule has 1 fully saturated rings. The number of hydrogen-bond donors (Lipinski definition) is 1. The summed E-state index contributed by atoms with van der Waals surface area (Å²) in [6.07, 6.45) is 5.11. The first kappa shape index (κ1) is 14.6. The molecule has 0 aliphatic carbocycles. The third kappa shape index (κ3) is 2.84. The van der Waals surface area contributed by atoms with Gasteiger partial charge in [0, 0.05) is 18.9 Å². The number of amides is 2. The molecule has 1 aliphatic heterocycles. The van der Waals surface area contributed by atoms with Gasteiger partial charge >= 0.3 is 0 Å². The average molecular weight is 278 g/mol. The van der Waals surface area contributed by atoms with Crippen molar-refractivity contribution in [3.05, 3.63) is 18.5 Å². The predicted octanol–water partition coefficient (Wildman–Crippen LogP) is 0.789. The Morgan fingerprint density at radius 1 is 1.35 bits per heavy atom. The zero-order valence-corrected chi connectivity index (χ0v) is 12.3. The lowest BCUT2D eigenvalue weighted by atomic mass is 9.95. The van der Waals surface area contributed by atoms with E-state index in [0.29, 0.717) is 19.5 Å². The van der Waals surface area contributed by atoms with Crippen molar-refractivity contribution in [2.75, 3.05) is 6.54 Å². The van der Waals surface area contributed by atoms with Crippen LogP contribution in [0.5, 0.6) is 0 Å². The summed E-state index contributed by atoms with van der Waals surface area (Å²) in [6, 6.07) is 1.48.